The summed E-state index contributed by atoms with van der Waals surface area (Å²) in [6.07, 6.45) is 3.10. The molecule has 1 saturated heterocycles. The van der Waals surface area contributed by atoms with Gasteiger partial charge >= 0.3 is 5.97 Å². The average Bonchev–Trinajstić information content (AvgIpc) is 2.87. The predicted octanol–water partition coefficient (Wildman–Crippen LogP) is 2.70. The first-order valence-corrected chi connectivity index (χ1v) is 9.87. The Balaban J connectivity index is 1.45. The maximum Gasteiger partial charge on any atom is 0.325 e. The molecule has 1 aliphatic heterocycles. The first-order chi connectivity index (χ1) is 13.1. The third-order valence-electron chi connectivity index (χ3n) is 5.80. The van der Waals surface area contributed by atoms with Crippen LogP contribution in [-0.2, 0) is 14.3 Å². The Morgan fingerprint density at radius 3 is 2.50 bits per heavy atom. The number of likely N-dealkylation sites (tertiary alicyclic amines) is 1. The number of carbonyl (C=O) groups is 3. The fourth-order valence-electron chi connectivity index (χ4n) is 4.99. The van der Waals surface area contributed by atoms with E-state index in [9.17, 15) is 14.4 Å². The number of hydrogen-bond donors (Lipinski definition) is 1. The minimum Gasteiger partial charge on any atom is -0.454 e. The van der Waals surface area contributed by atoms with E-state index in [1.807, 2.05) is 24.0 Å². The van der Waals surface area contributed by atoms with Crippen molar-refractivity contribution in [3.8, 4) is 0 Å². The third-order valence-corrected chi connectivity index (χ3v) is 5.80. The summed E-state index contributed by atoms with van der Waals surface area (Å²) in [5.41, 5.74) is 1.91. The van der Waals surface area contributed by atoms with E-state index in [0.717, 1.165) is 31.4 Å². The summed E-state index contributed by atoms with van der Waals surface area (Å²) in [4.78, 5) is 38.5. The lowest BCUT2D eigenvalue weighted by Crippen LogP contribution is -2.40. The van der Waals surface area contributed by atoms with E-state index in [2.05, 4.69) is 26.1 Å². The molecule has 1 saturated carbocycles. The lowest BCUT2D eigenvalue weighted by molar-refractivity contribution is -0.151. The van der Waals surface area contributed by atoms with Crippen molar-refractivity contribution in [2.24, 2.45) is 10.8 Å². The van der Waals surface area contributed by atoms with Gasteiger partial charge in [-0.3, -0.25) is 14.4 Å². The summed E-state index contributed by atoms with van der Waals surface area (Å²) in [7, 11) is 0. The van der Waals surface area contributed by atoms with Crippen LogP contribution in [0.15, 0.2) is 24.3 Å². The van der Waals surface area contributed by atoms with E-state index in [0.29, 0.717) is 5.56 Å². The Bertz CT molecular complexity index is 771. The molecular weight excluding hydrogens is 356 g/mol. The minimum atomic E-state index is -0.609. The molecule has 2 aliphatic rings. The Kier molecular flexibility index (Phi) is 5.50. The number of carbonyl (C=O) groups excluding carboxylic acids is 3. The topological polar surface area (TPSA) is 75.7 Å². The second-order valence-corrected chi connectivity index (χ2v) is 9.44. The van der Waals surface area contributed by atoms with Gasteiger partial charge in [-0.1, -0.05) is 38.5 Å². The summed E-state index contributed by atoms with van der Waals surface area (Å²) < 4.78 is 5.11. The molecule has 2 amide bonds. The Morgan fingerprint density at radius 2 is 1.82 bits per heavy atom. The van der Waals surface area contributed by atoms with Crippen molar-refractivity contribution in [1.29, 1.82) is 0 Å². The molecule has 28 heavy (non-hydrogen) atoms. The smallest absolute Gasteiger partial charge is 0.325 e. The maximum absolute atomic E-state index is 12.6. The first-order valence-electron chi connectivity index (χ1n) is 9.87. The number of fused-ring (bicyclic) bond motifs is 2. The van der Waals surface area contributed by atoms with Crippen LogP contribution in [0.4, 0.5) is 0 Å². The van der Waals surface area contributed by atoms with Gasteiger partial charge in [0, 0.05) is 18.2 Å². The molecule has 0 unspecified atom stereocenters. The molecular formula is C22H30N2O4. The molecule has 0 spiro atoms. The zero-order chi connectivity index (χ0) is 20.5. The third kappa shape index (κ3) is 4.72. The summed E-state index contributed by atoms with van der Waals surface area (Å²) in [6.45, 7) is 8.87. The van der Waals surface area contributed by atoms with Crippen LogP contribution < -0.4 is 5.32 Å². The van der Waals surface area contributed by atoms with Crippen molar-refractivity contribution in [2.75, 3.05) is 19.7 Å². The van der Waals surface area contributed by atoms with Gasteiger partial charge in [0.1, 0.15) is 6.54 Å². The van der Waals surface area contributed by atoms with E-state index in [4.69, 9.17) is 4.74 Å². The van der Waals surface area contributed by atoms with Crippen LogP contribution in [-0.4, -0.2) is 48.4 Å². The molecule has 1 heterocycles. The first kappa shape index (κ1) is 20.4. The van der Waals surface area contributed by atoms with Gasteiger partial charge in [-0.15, -0.1) is 0 Å². The van der Waals surface area contributed by atoms with Crippen molar-refractivity contribution in [2.45, 2.75) is 53.0 Å². The molecule has 2 atom stereocenters. The van der Waals surface area contributed by atoms with Gasteiger partial charge in [0.15, 0.2) is 6.61 Å². The highest BCUT2D eigenvalue weighted by Crippen LogP contribution is 2.52. The highest BCUT2D eigenvalue weighted by atomic mass is 16.5. The highest BCUT2D eigenvalue weighted by molar-refractivity contribution is 5.96. The molecule has 6 nitrogen and oxygen atoms in total. The number of benzene rings is 1. The van der Waals surface area contributed by atoms with Crippen molar-refractivity contribution in [3.05, 3.63) is 35.4 Å². The van der Waals surface area contributed by atoms with E-state index in [1.54, 1.807) is 12.1 Å². The molecule has 2 bridgehead atoms. The summed E-state index contributed by atoms with van der Waals surface area (Å²) >= 11 is 0. The number of aryl methyl sites for hydroxylation is 1. The van der Waals surface area contributed by atoms with E-state index < -0.39 is 5.97 Å². The SMILES string of the molecule is Cc1ccc(C(=O)NCC(=O)OCC(=O)N2C[C@@]3(C)C[C@H]2CC(C)(C)C3)cc1. The molecule has 0 radical (unpaired) electrons. The normalized spacial score (nSPS) is 25.3. The Hall–Kier alpha value is -2.37. The van der Waals surface area contributed by atoms with E-state index in [-0.39, 0.29) is 41.8 Å². The van der Waals surface area contributed by atoms with Gasteiger partial charge < -0.3 is 15.0 Å². The maximum atomic E-state index is 12.6. The zero-order valence-electron chi connectivity index (χ0n) is 17.2. The number of nitrogens with zero attached hydrogens (tertiary/aromatic N) is 1. The van der Waals surface area contributed by atoms with Crippen LogP contribution in [0.3, 0.4) is 0 Å². The largest absolute Gasteiger partial charge is 0.454 e. The molecule has 3 rings (SSSR count). The quantitative estimate of drug-likeness (QED) is 0.790. The summed E-state index contributed by atoms with van der Waals surface area (Å²) in [5, 5.41) is 2.53. The number of hydrogen-bond acceptors (Lipinski definition) is 4. The van der Waals surface area contributed by atoms with Crippen molar-refractivity contribution in [3.63, 3.8) is 0 Å². The molecule has 152 valence electrons. The lowest BCUT2D eigenvalue weighted by Gasteiger charge is -2.39. The van der Waals surface area contributed by atoms with Gasteiger partial charge in [0.2, 0.25) is 0 Å². The van der Waals surface area contributed by atoms with Gasteiger partial charge in [-0.2, -0.15) is 0 Å². The van der Waals surface area contributed by atoms with Crippen LogP contribution in [0.25, 0.3) is 0 Å². The molecule has 6 heteroatoms. The van der Waals surface area contributed by atoms with Crippen LogP contribution >= 0.6 is 0 Å². The second-order valence-electron chi connectivity index (χ2n) is 9.44. The monoisotopic (exact) mass is 386 g/mol. The van der Waals surface area contributed by atoms with Crippen LogP contribution in [0, 0.1) is 17.8 Å². The molecule has 1 aliphatic carbocycles. The van der Waals surface area contributed by atoms with Crippen molar-refractivity contribution >= 4 is 17.8 Å². The van der Waals surface area contributed by atoms with Gasteiger partial charge in [0.05, 0.1) is 0 Å². The minimum absolute atomic E-state index is 0.147. The number of esters is 1. The molecule has 1 aromatic rings. The fourth-order valence-corrected chi connectivity index (χ4v) is 4.99. The van der Waals surface area contributed by atoms with Gasteiger partial charge in [-0.25, -0.2) is 0 Å². The van der Waals surface area contributed by atoms with Gasteiger partial charge in [0.25, 0.3) is 11.8 Å². The standard InChI is InChI=1S/C22H30N2O4/c1-15-5-7-16(8-6-15)20(27)23-11-19(26)28-12-18(25)24-14-22(4)10-17(24)9-21(2,3)13-22/h5-8,17H,9-14H2,1-4H3,(H,23,27)/t17-,22+/m1/s1. The number of rotatable bonds is 5. The lowest BCUT2D eigenvalue weighted by atomic mass is 9.65. The molecule has 1 aromatic carbocycles. The zero-order valence-corrected chi connectivity index (χ0v) is 17.2. The van der Waals surface area contributed by atoms with E-state index in [1.165, 1.54) is 0 Å². The van der Waals surface area contributed by atoms with Crippen molar-refractivity contribution in [1.82, 2.24) is 10.2 Å². The molecule has 2 fully saturated rings. The molecule has 0 aromatic heterocycles. The summed E-state index contributed by atoms with van der Waals surface area (Å²) in [5.74, 6) is -1.10. The number of nitrogens with one attached hydrogen (secondary N) is 1. The number of amides is 2. The molecule has 1 N–H and O–H groups in total. The van der Waals surface area contributed by atoms with Gasteiger partial charge in [-0.05, 0) is 49.1 Å². The average molecular weight is 386 g/mol. The predicted molar refractivity (Wildman–Crippen MR) is 106 cm³/mol. The van der Waals surface area contributed by atoms with Crippen LogP contribution in [0.5, 0.6) is 0 Å². The van der Waals surface area contributed by atoms with E-state index >= 15 is 0 Å². The second kappa shape index (κ2) is 7.57. The van der Waals surface area contributed by atoms with Crippen molar-refractivity contribution < 1.29 is 19.1 Å². The number of ether oxygens (including phenoxy) is 1. The van der Waals surface area contributed by atoms with Crippen LogP contribution in [0.1, 0.15) is 56.0 Å². The van der Waals surface area contributed by atoms with Crippen LogP contribution in [0.2, 0.25) is 0 Å². The summed E-state index contributed by atoms with van der Waals surface area (Å²) in [6, 6.07) is 7.29. The Morgan fingerprint density at radius 1 is 1.14 bits per heavy atom. The Labute approximate surface area is 166 Å². The fraction of sp³-hybridized carbons (Fsp3) is 0.591. The highest BCUT2D eigenvalue weighted by Gasteiger charge is 2.50.